The molecule has 3 nitrogen and oxygen atoms in total. The number of carbonyl (C=O) groups is 1. The average Bonchev–Trinajstić information content (AvgIpc) is 2.55. The molecule has 23 heavy (non-hydrogen) atoms. The van der Waals surface area contributed by atoms with Gasteiger partial charge in [0, 0.05) is 5.39 Å². The summed E-state index contributed by atoms with van der Waals surface area (Å²) >= 11 is 0. The van der Waals surface area contributed by atoms with Gasteiger partial charge in [0.15, 0.2) is 0 Å². The van der Waals surface area contributed by atoms with E-state index in [1.807, 2.05) is 12.1 Å². The SMILES string of the molecule is CCOC(=O)c1cc(-c2cccc(F)c2)c2ccccc2c1O. The molecule has 3 aromatic carbocycles. The van der Waals surface area contributed by atoms with Crippen LogP contribution in [0.4, 0.5) is 4.39 Å². The normalized spacial score (nSPS) is 10.7. The lowest BCUT2D eigenvalue weighted by atomic mass is 9.94. The van der Waals surface area contributed by atoms with Crippen molar-refractivity contribution in [3.8, 4) is 16.9 Å². The number of rotatable bonds is 3. The molecular formula is C19H15FO3. The van der Waals surface area contributed by atoms with Gasteiger partial charge in [0.25, 0.3) is 0 Å². The first-order chi connectivity index (χ1) is 11.1. The molecule has 0 atom stereocenters. The highest BCUT2D eigenvalue weighted by molar-refractivity contribution is 6.07. The quantitative estimate of drug-likeness (QED) is 0.723. The summed E-state index contributed by atoms with van der Waals surface area (Å²) in [6.07, 6.45) is 0. The number of phenols is 1. The molecule has 0 amide bonds. The van der Waals surface area contributed by atoms with E-state index in [4.69, 9.17) is 4.74 Å². The van der Waals surface area contributed by atoms with Crippen LogP contribution < -0.4 is 0 Å². The molecule has 0 aliphatic carbocycles. The number of benzene rings is 3. The summed E-state index contributed by atoms with van der Waals surface area (Å²) in [6.45, 7) is 1.91. The third-order valence-electron chi connectivity index (χ3n) is 3.65. The summed E-state index contributed by atoms with van der Waals surface area (Å²) in [5.74, 6) is -1.09. The first-order valence-corrected chi connectivity index (χ1v) is 7.29. The van der Waals surface area contributed by atoms with Crippen LogP contribution in [0.15, 0.2) is 54.6 Å². The number of esters is 1. The fourth-order valence-corrected chi connectivity index (χ4v) is 2.62. The van der Waals surface area contributed by atoms with Gasteiger partial charge in [0.05, 0.1) is 6.61 Å². The second kappa shape index (κ2) is 6.08. The number of halogens is 1. The Hall–Kier alpha value is -2.88. The smallest absolute Gasteiger partial charge is 0.341 e. The zero-order chi connectivity index (χ0) is 16.4. The van der Waals surface area contributed by atoms with Crippen molar-refractivity contribution in [3.63, 3.8) is 0 Å². The van der Waals surface area contributed by atoms with E-state index in [2.05, 4.69) is 0 Å². The largest absolute Gasteiger partial charge is 0.506 e. The lowest BCUT2D eigenvalue weighted by Crippen LogP contribution is -2.05. The van der Waals surface area contributed by atoms with Gasteiger partial charge < -0.3 is 9.84 Å². The topological polar surface area (TPSA) is 46.5 Å². The highest BCUT2D eigenvalue weighted by atomic mass is 19.1. The van der Waals surface area contributed by atoms with Gasteiger partial charge in [-0.2, -0.15) is 0 Å². The van der Waals surface area contributed by atoms with Crippen LogP contribution in [0.3, 0.4) is 0 Å². The predicted octanol–water partition coefficient (Wildman–Crippen LogP) is 4.53. The fourth-order valence-electron chi connectivity index (χ4n) is 2.62. The van der Waals surface area contributed by atoms with Gasteiger partial charge >= 0.3 is 5.97 Å². The average molecular weight is 310 g/mol. The van der Waals surface area contributed by atoms with Crippen LogP contribution >= 0.6 is 0 Å². The van der Waals surface area contributed by atoms with Crippen LogP contribution in [-0.2, 0) is 4.74 Å². The van der Waals surface area contributed by atoms with Gasteiger partial charge in [-0.25, -0.2) is 9.18 Å². The summed E-state index contributed by atoms with van der Waals surface area (Å²) < 4.78 is 18.6. The first kappa shape index (κ1) is 15.0. The van der Waals surface area contributed by atoms with E-state index >= 15 is 0 Å². The number of aromatic hydroxyl groups is 1. The molecule has 0 aliphatic rings. The maximum Gasteiger partial charge on any atom is 0.341 e. The van der Waals surface area contributed by atoms with Crippen LogP contribution in [0.2, 0.25) is 0 Å². The molecule has 0 unspecified atom stereocenters. The number of ether oxygens (including phenoxy) is 1. The van der Waals surface area contributed by atoms with Crippen molar-refractivity contribution in [3.05, 3.63) is 66.0 Å². The molecule has 4 heteroatoms. The number of hydrogen-bond acceptors (Lipinski definition) is 3. The highest BCUT2D eigenvalue weighted by Crippen LogP contribution is 2.37. The molecule has 0 aliphatic heterocycles. The Labute approximate surface area is 132 Å². The third kappa shape index (κ3) is 2.75. The molecule has 1 N–H and O–H groups in total. The summed E-state index contributed by atoms with van der Waals surface area (Å²) in [7, 11) is 0. The van der Waals surface area contributed by atoms with E-state index in [1.54, 1.807) is 37.3 Å². The summed E-state index contributed by atoms with van der Waals surface area (Å²) in [5.41, 5.74) is 1.37. The molecule has 0 fully saturated rings. The molecule has 3 rings (SSSR count). The number of hydrogen-bond donors (Lipinski definition) is 1. The number of phenolic OH excluding ortho intramolecular Hbond substituents is 1. The maximum atomic E-state index is 13.6. The third-order valence-corrected chi connectivity index (χ3v) is 3.65. The second-order valence-corrected chi connectivity index (χ2v) is 5.10. The van der Waals surface area contributed by atoms with E-state index in [0.717, 1.165) is 5.39 Å². The lowest BCUT2D eigenvalue weighted by molar-refractivity contribution is 0.0523. The fraction of sp³-hybridized carbons (Fsp3) is 0.105. The Bertz CT molecular complexity index is 887. The molecule has 0 bridgehead atoms. The molecule has 0 spiro atoms. The van der Waals surface area contributed by atoms with Gasteiger partial charge in [0.2, 0.25) is 0 Å². The Morgan fingerprint density at radius 2 is 1.83 bits per heavy atom. The van der Waals surface area contributed by atoms with Gasteiger partial charge in [0.1, 0.15) is 17.1 Å². The maximum absolute atomic E-state index is 13.6. The van der Waals surface area contributed by atoms with Crippen molar-refractivity contribution in [2.75, 3.05) is 6.61 Å². The number of fused-ring (bicyclic) bond motifs is 1. The van der Waals surface area contributed by atoms with Crippen molar-refractivity contribution in [2.45, 2.75) is 6.92 Å². The highest BCUT2D eigenvalue weighted by Gasteiger charge is 2.18. The second-order valence-electron chi connectivity index (χ2n) is 5.10. The molecule has 0 radical (unpaired) electrons. The van der Waals surface area contributed by atoms with Crippen molar-refractivity contribution in [2.24, 2.45) is 0 Å². The van der Waals surface area contributed by atoms with Crippen LogP contribution in [0.5, 0.6) is 5.75 Å². The molecule has 0 heterocycles. The van der Waals surface area contributed by atoms with Crippen molar-refractivity contribution in [1.29, 1.82) is 0 Å². The molecular weight excluding hydrogens is 295 g/mol. The summed E-state index contributed by atoms with van der Waals surface area (Å²) in [4.78, 5) is 12.1. The van der Waals surface area contributed by atoms with E-state index in [0.29, 0.717) is 16.5 Å². The standard InChI is InChI=1S/C19H15FO3/c1-2-23-19(22)17-11-16(12-6-5-7-13(20)10-12)14-8-3-4-9-15(14)18(17)21/h3-11,21H,2H2,1H3. The van der Waals surface area contributed by atoms with Gasteiger partial charge in [-0.1, -0.05) is 36.4 Å². The summed E-state index contributed by atoms with van der Waals surface area (Å²) in [5, 5.41) is 11.7. The first-order valence-electron chi connectivity index (χ1n) is 7.29. The van der Waals surface area contributed by atoms with Crippen molar-refractivity contribution in [1.82, 2.24) is 0 Å². The Morgan fingerprint density at radius 1 is 1.09 bits per heavy atom. The molecule has 0 saturated heterocycles. The van der Waals surface area contributed by atoms with Crippen LogP contribution in [0, 0.1) is 5.82 Å². The van der Waals surface area contributed by atoms with Gasteiger partial charge in [-0.05, 0) is 41.6 Å². The minimum Gasteiger partial charge on any atom is -0.506 e. The van der Waals surface area contributed by atoms with Crippen LogP contribution in [0.1, 0.15) is 17.3 Å². The number of carbonyl (C=O) groups excluding carboxylic acids is 1. The Balaban J connectivity index is 2.32. The van der Waals surface area contributed by atoms with Crippen molar-refractivity contribution >= 4 is 16.7 Å². The summed E-state index contributed by atoms with van der Waals surface area (Å²) in [6, 6.07) is 14.8. The van der Waals surface area contributed by atoms with Gasteiger partial charge in [-0.15, -0.1) is 0 Å². The van der Waals surface area contributed by atoms with Crippen molar-refractivity contribution < 1.29 is 19.0 Å². The van der Waals surface area contributed by atoms with Crippen LogP contribution in [-0.4, -0.2) is 17.7 Å². The molecule has 0 aromatic heterocycles. The molecule has 0 saturated carbocycles. The Morgan fingerprint density at radius 3 is 2.52 bits per heavy atom. The van der Waals surface area contributed by atoms with E-state index in [1.165, 1.54) is 12.1 Å². The minimum absolute atomic E-state index is 0.0739. The zero-order valence-electron chi connectivity index (χ0n) is 12.5. The van der Waals surface area contributed by atoms with E-state index < -0.39 is 5.97 Å². The minimum atomic E-state index is -0.603. The molecule has 3 aromatic rings. The zero-order valence-corrected chi connectivity index (χ0v) is 12.5. The van der Waals surface area contributed by atoms with E-state index in [-0.39, 0.29) is 23.7 Å². The van der Waals surface area contributed by atoms with Crippen LogP contribution in [0.25, 0.3) is 21.9 Å². The van der Waals surface area contributed by atoms with E-state index in [9.17, 15) is 14.3 Å². The Kier molecular flexibility index (Phi) is 3.98. The molecule has 116 valence electrons. The monoisotopic (exact) mass is 310 g/mol. The van der Waals surface area contributed by atoms with Gasteiger partial charge in [-0.3, -0.25) is 0 Å². The predicted molar refractivity (Wildman–Crippen MR) is 87.0 cm³/mol. The lowest BCUT2D eigenvalue weighted by Gasteiger charge is -2.13.